The molecule has 31 heavy (non-hydrogen) atoms. The number of halogens is 1. The van der Waals surface area contributed by atoms with E-state index in [1.54, 1.807) is 24.4 Å². The molecule has 2 heterocycles. The molecule has 1 aromatic carbocycles. The van der Waals surface area contributed by atoms with Gasteiger partial charge in [0.1, 0.15) is 10.8 Å². The minimum Gasteiger partial charge on any atom is -0.478 e. The number of hydrazine groups is 1. The number of pyridine rings is 1. The summed E-state index contributed by atoms with van der Waals surface area (Å²) in [5.41, 5.74) is 6.64. The first kappa shape index (κ1) is 22.3. The van der Waals surface area contributed by atoms with Gasteiger partial charge in [-0.3, -0.25) is 20.4 Å². The predicted molar refractivity (Wildman–Crippen MR) is 112 cm³/mol. The Morgan fingerprint density at radius 1 is 1.19 bits per heavy atom. The number of hydrogen-bond donors (Lipinski definition) is 2. The van der Waals surface area contributed by atoms with Crippen molar-refractivity contribution in [3.05, 3.63) is 71.0 Å². The van der Waals surface area contributed by atoms with E-state index in [0.717, 1.165) is 11.3 Å². The molecule has 0 spiro atoms. The Morgan fingerprint density at radius 3 is 2.68 bits per heavy atom. The van der Waals surface area contributed by atoms with Crippen LogP contribution < -0.4 is 15.6 Å². The Bertz CT molecular complexity index is 1070. The molecule has 0 saturated carbocycles. The van der Waals surface area contributed by atoms with E-state index in [1.807, 2.05) is 13.8 Å². The van der Waals surface area contributed by atoms with Crippen molar-refractivity contribution in [2.24, 2.45) is 0 Å². The van der Waals surface area contributed by atoms with E-state index in [0.29, 0.717) is 22.1 Å². The van der Waals surface area contributed by atoms with Crippen LogP contribution in [-0.4, -0.2) is 28.1 Å². The number of ether oxygens (including phenoxy) is 1. The maximum atomic E-state index is 13.7. The van der Waals surface area contributed by atoms with Gasteiger partial charge in [0.05, 0.1) is 11.3 Å². The summed E-state index contributed by atoms with van der Waals surface area (Å²) in [5, 5.41) is 4.41. The van der Waals surface area contributed by atoms with Crippen molar-refractivity contribution in [3.63, 3.8) is 0 Å². The second-order valence-corrected chi connectivity index (χ2v) is 7.55. The van der Waals surface area contributed by atoms with Gasteiger partial charge in [0.25, 0.3) is 11.8 Å². The zero-order valence-electron chi connectivity index (χ0n) is 17.1. The van der Waals surface area contributed by atoms with Crippen molar-refractivity contribution < 1.29 is 23.2 Å². The lowest BCUT2D eigenvalue weighted by molar-refractivity contribution is -0.128. The number of carbonyl (C=O) groups is 2. The van der Waals surface area contributed by atoms with Crippen molar-refractivity contribution in [3.8, 4) is 5.75 Å². The predicted octanol–water partition coefficient (Wildman–Crippen LogP) is 3.35. The highest BCUT2D eigenvalue weighted by Crippen LogP contribution is 2.27. The fourth-order valence-corrected chi connectivity index (χ4v) is 3.74. The van der Waals surface area contributed by atoms with Gasteiger partial charge in [0.2, 0.25) is 0 Å². The molecule has 0 bridgehead atoms. The lowest BCUT2D eigenvalue weighted by Crippen LogP contribution is -2.47. The van der Waals surface area contributed by atoms with Crippen LogP contribution in [0.25, 0.3) is 0 Å². The van der Waals surface area contributed by atoms with E-state index in [9.17, 15) is 14.0 Å². The number of carbonyl (C=O) groups excluding carboxylic acids is 2. The van der Waals surface area contributed by atoms with Crippen molar-refractivity contribution in [1.29, 1.82) is 0 Å². The zero-order valence-corrected chi connectivity index (χ0v) is 18.0. The fourth-order valence-electron chi connectivity index (χ4n) is 2.60. The summed E-state index contributed by atoms with van der Waals surface area (Å²) in [7, 11) is 0. The third-order valence-electron chi connectivity index (χ3n) is 4.36. The molecule has 0 fully saturated rings. The average molecular weight is 444 g/mol. The number of nitrogens with one attached hydrogen (secondary N) is 2. The van der Waals surface area contributed by atoms with Gasteiger partial charge in [0.15, 0.2) is 17.7 Å². The van der Waals surface area contributed by atoms with Crippen molar-refractivity contribution in [2.45, 2.75) is 37.7 Å². The molecule has 1 unspecified atom stereocenters. The average Bonchev–Trinajstić information content (AvgIpc) is 3.09. The van der Waals surface area contributed by atoms with Gasteiger partial charge in [-0.1, -0.05) is 17.3 Å². The minimum absolute atomic E-state index is 0.0539. The normalized spacial score (nSPS) is 11.6. The molecule has 1 atom stereocenters. The first-order valence-corrected chi connectivity index (χ1v) is 10.4. The Labute approximate surface area is 182 Å². The van der Waals surface area contributed by atoms with Gasteiger partial charge in [0, 0.05) is 17.5 Å². The number of rotatable bonds is 7. The molecule has 2 N–H and O–H groups in total. The van der Waals surface area contributed by atoms with Crippen LogP contribution in [0, 0.1) is 19.7 Å². The SMILES string of the molecule is Cc1noc(C)c1CSc1ncccc1C(=O)NNC(=O)C(C)Oc1ccccc1F. The molecule has 10 heteroatoms. The first-order valence-electron chi connectivity index (χ1n) is 9.37. The standard InChI is InChI=1S/C21H21FN4O4S/c1-12-16(13(2)30-26-12)11-31-21-15(7-6-10-23-21)20(28)25-24-19(27)14(3)29-18-9-5-4-8-17(18)22/h4-10,14H,11H2,1-3H3,(H,24,27)(H,25,28). The van der Waals surface area contributed by atoms with Crippen LogP contribution in [-0.2, 0) is 10.5 Å². The smallest absolute Gasteiger partial charge is 0.279 e. The Morgan fingerprint density at radius 2 is 1.97 bits per heavy atom. The van der Waals surface area contributed by atoms with Crippen LogP contribution in [0.2, 0.25) is 0 Å². The van der Waals surface area contributed by atoms with Gasteiger partial charge in [-0.2, -0.15) is 0 Å². The van der Waals surface area contributed by atoms with Gasteiger partial charge in [-0.15, -0.1) is 11.8 Å². The van der Waals surface area contributed by atoms with Crippen molar-refractivity contribution in [1.82, 2.24) is 21.0 Å². The first-order chi connectivity index (χ1) is 14.9. The highest BCUT2D eigenvalue weighted by atomic mass is 32.2. The Hall–Kier alpha value is -3.40. The molecule has 3 aromatic rings. The summed E-state index contributed by atoms with van der Waals surface area (Å²) in [4.78, 5) is 29.1. The third kappa shape index (κ3) is 5.60. The van der Waals surface area contributed by atoms with E-state index in [1.165, 1.54) is 36.9 Å². The highest BCUT2D eigenvalue weighted by Gasteiger charge is 2.19. The Balaban J connectivity index is 1.59. The summed E-state index contributed by atoms with van der Waals surface area (Å²) in [6.07, 6.45) is 0.550. The van der Waals surface area contributed by atoms with E-state index in [-0.39, 0.29) is 5.75 Å². The van der Waals surface area contributed by atoms with Crippen LogP contribution in [0.4, 0.5) is 4.39 Å². The van der Waals surface area contributed by atoms with Crippen LogP contribution in [0.1, 0.15) is 34.3 Å². The molecular formula is C21H21FN4O4S. The molecule has 0 aliphatic heterocycles. The summed E-state index contributed by atoms with van der Waals surface area (Å²) >= 11 is 1.35. The number of aryl methyl sites for hydroxylation is 2. The van der Waals surface area contributed by atoms with Crippen LogP contribution >= 0.6 is 11.8 Å². The molecule has 0 radical (unpaired) electrons. The lowest BCUT2D eigenvalue weighted by Gasteiger charge is -2.16. The maximum absolute atomic E-state index is 13.7. The molecule has 0 saturated heterocycles. The van der Waals surface area contributed by atoms with Crippen LogP contribution in [0.15, 0.2) is 52.1 Å². The maximum Gasteiger partial charge on any atom is 0.279 e. The summed E-state index contributed by atoms with van der Waals surface area (Å²) in [5.74, 6) is -0.573. The van der Waals surface area contributed by atoms with Crippen molar-refractivity contribution in [2.75, 3.05) is 0 Å². The molecule has 2 aromatic heterocycles. The van der Waals surface area contributed by atoms with E-state index < -0.39 is 23.7 Å². The van der Waals surface area contributed by atoms with E-state index in [2.05, 4.69) is 21.0 Å². The molecular weight excluding hydrogens is 423 g/mol. The lowest BCUT2D eigenvalue weighted by atomic mass is 10.2. The van der Waals surface area contributed by atoms with Crippen molar-refractivity contribution >= 4 is 23.6 Å². The molecule has 162 valence electrons. The zero-order chi connectivity index (χ0) is 22.4. The summed E-state index contributed by atoms with van der Waals surface area (Å²) in [6, 6.07) is 8.98. The van der Waals surface area contributed by atoms with Gasteiger partial charge < -0.3 is 9.26 Å². The fraction of sp³-hybridized carbons (Fsp3) is 0.238. The quantitative estimate of drug-likeness (QED) is 0.425. The molecule has 0 aliphatic carbocycles. The minimum atomic E-state index is -1.03. The topological polar surface area (TPSA) is 106 Å². The van der Waals surface area contributed by atoms with Crippen LogP contribution in [0.3, 0.4) is 0 Å². The number of thioether (sulfide) groups is 1. The van der Waals surface area contributed by atoms with Gasteiger partial charge in [-0.25, -0.2) is 9.37 Å². The number of hydrogen-bond acceptors (Lipinski definition) is 7. The molecule has 8 nitrogen and oxygen atoms in total. The summed E-state index contributed by atoms with van der Waals surface area (Å²) in [6.45, 7) is 5.11. The highest BCUT2D eigenvalue weighted by molar-refractivity contribution is 7.98. The monoisotopic (exact) mass is 444 g/mol. The van der Waals surface area contributed by atoms with Gasteiger partial charge >= 0.3 is 0 Å². The van der Waals surface area contributed by atoms with E-state index in [4.69, 9.17) is 9.26 Å². The summed E-state index contributed by atoms with van der Waals surface area (Å²) < 4.78 is 24.1. The Kier molecular flexibility index (Phi) is 7.24. The molecule has 2 amide bonds. The second kappa shape index (κ2) is 10.1. The second-order valence-electron chi connectivity index (χ2n) is 6.58. The number of amides is 2. The molecule has 3 rings (SSSR count). The largest absolute Gasteiger partial charge is 0.478 e. The van der Waals surface area contributed by atoms with E-state index >= 15 is 0 Å². The number of para-hydroxylation sites is 1. The third-order valence-corrected chi connectivity index (χ3v) is 5.39. The van der Waals surface area contributed by atoms with Gasteiger partial charge in [-0.05, 0) is 45.0 Å². The van der Waals surface area contributed by atoms with Crippen LogP contribution in [0.5, 0.6) is 5.75 Å². The number of aromatic nitrogens is 2. The number of benzene rings is 1. The molecule has 0 aliphatic rings. The number of nitrogens with zero attached hydrogens (tertiary/aromatic N) is 2.